The number of hydrogen-bond acceptors (Lipinski definition) is 1. The van der Waals surface area contributed by atoms with E-state index in [1.165, 1.54) is 0 Å². The molecule has 0 aliphatic carbocycles. The van der Waals surface area contributed by atoms with Crippen LogP contribution in [0.5, 0.6) is 0 Å². The molecular weight excluding hydrogens is 108 g/mol. The first-order chi connectivity index (χ1) is 2.00. The summed E-state index contributed by atoms with van der Waals surface area (Å²) < 4.78 is 0. The highest BCUT2D eigenvalue weighted by Gasteiger charge is 0.975. The van der Waals surface area contributed by atoms with Gasteiger partial charge in [0.2, 0.25) is 0 Å². The second kappa shape index (κ2) is 56.8. The molecule has 0 saturated heterocycles. The molecule has 0 amide bonds. The molecule has 4 heavy (non-hydrogen) atoms. The van der Waals surface area contributed by atoms with Gasteiger partial charge in [0, 0.05) is 0 Å². The number of hydrogen-bond donors (Lipinski definition) is 1. The maximum absolute atomic E-state index is 7.14. The van der Waals surface area contributed by atoms with Crippen LogP contribution in [0.1, 0.15) is 0 Å². The Morgan fingerprint density at radius 2 is 1.25 bits per heavy atom. The maximum Gasteiger partial charge on any atom is 0.141 e. The molecule has 0 rings (SSSR count). The van der Waals surface area contributed by atoms with Crippen LogP contribution in [0.15, 0.2) is 0 Å². The van der Waals surface area contributed by atoms with E-state index in [0.29, 0.717) is 10.5 Å². The third-order valence-electron chi connectivity index (χ3n) is 0. The fourth-order valence-corrected chi connectivity index (χ4v) is 0. The Kier molecular flexibility index (Phi) is 125. The van der Waals surface area contributed by atoms with Gasteiger partial charge < -0.3 is 4.80 Å². The molecule has 0 atom stereocenters. The highest BCUT2D eigenvalue weighted by Crippen LogP contribution is 1.29. The minimum Gasteiger partial charge on any atom is -0.442 e. The average Bonchev–Trinajstić information content (AvgIpc) is 1.50. The van der Waals surface area contributed by atoms with E-state index >= 15 is 0 Å². The normalized spacial score (nSPS) is 4.50. The van der Waals surface area contributed by atoms with E-state index in [0.717, 1.165) is 9.55 Å². The Balaban J connectivity index is 0. The molecule has 28 valence electrons. The van der Waals surface area contributed by atoms with E-state index in [4.69, 9.17) is 15.9 Å². The second-order valence-electron chi connectivity index (χ2n) is 0. The Labute approximate surface area is 36.6 Å². The number of rotatable bonds is 0. The van der Waals surface area contributed by atoms with Gasteiger partial charge in [-0.25, -0.2) is 0 Å². The number of halogens is 1. The van der Waals surface area contributed by atoms with Crippen molar-refractivity contribution in [3.8, 4) is 0 Å². The lowest BCUT2D eigenvalue weighted by Crippen LogP contribution is -1.34. The lowest BCUT2D eigenvalue weighted by atomic mass is 15.9. The van der Waals surface area contributed by atoms with Gasteiger partial charge in [0.1, 0.15) is 20.0 Å². The van der Waals surface area contributed by atoms with Gasteiger partial charge in [-0.15, -0.1) is 0 Å². The monoisotopic (exact) mass is 114 g/mol. The lowest BCUT2D eigenvalue weighted by Gasteiger charge is -1.19. The maximum atomic E-state index is 7.14. The molecule has 0 fully saturated rings. The van der Waals surface area contributed by atoms with Crippen LogP contribution in [0.3, 0.4) is 0 Å². The molecule has 0 bridgehead atoms. The van der Waals surface area contributed by atoms with Gasteiger partial charge in [0.25, 0.3) is 0 Å². The zero-order valence-corrected chi connectivity index (χ0v) is 7.58. The zero-order valence-electron chi connectivity index (χ0n) is 2.83. The van der Waals surface area contributed by atoms with E-state index in [-0.39, 0.29) is 0 Å². The third kappa shape index (κ3) is 16.3. The van der Waals surface area contributed by atoms with Crippen molar-refractivity contribution in [1.82, 2.24) is 0 Å². The third-order valence-corrected chi connectivity index (χ3v) is 0. The van der Waals surface area contributed by atoms with Crippen molar-refractivity contribution in [2.45, 2.75) is 0 Å². The van der Waals surface area contributed by atoms with Crippen molar-refractivity contribution < 1.29 is 4.80 Å². The Morgan fingerprint density at radius 3 is 1.25 bits per heavy atom. The summed E-state index contributed by atoms with van der Waals surface area (Å²) in [5.74, 6) is 0. The zero-order chi connectivity index (χ0) is 4.00. The lowest BCUT2D eigenvalue weighted by molar-refractivity contribution is 0.629. The standard InChI is InChI=1S/ClH3Si.H4OSi/c2*1-2/h2H3;1H,2H3. The van der Waals surface area contributed by atoms with Crippen molar-refractivity contribution in [2.75, 3.05) is 0 Å². The first kappa shape index (κ1) is 8.82. The first-order valence-electron chi connectivity index (χ1n) is 0.825. The van der Waals surface area contributed by atoms with Gasteiger partial charge in [0.15, 0.2) is 0 Å². The predicted octanol–water partition coefficient (Wildman–Crippen LogP) is -2.24. The molecule has 0 aliphatic rings. The Hall–Kier alpha value is 0.684. The van der Waals surface area contributed by atoms with E-state index < -0.39 is 0 Å². The molecular formula is H7ClOSi2. The van der Waals surface area contributed by atoms with Gasteiger partial charge in [-0.1, -0.05) is 0 Å². The fraction of sp³-hybridized carbons (Fsp3) is 0. The molecule has 4 heteroatoms. The van der Waals surface area contributed by atoms with E-state index in [2.05, 4.69) is 0 Å². The van der Waals surface area contributed by atoms with Crippen molar-refractivity contribution in [2.24, 2.45) is 0 Å². The van der Waals surface area contributed by atoms with Crippen molar-refractivity contribution in [3.63, 3.8) is 0 Å². The predicted molar refractivity (Wildman–Crippen MR) is 27.9 cm³/mol. The van der Waals surface area contributed by atoms with Crippen LogP contribution in [0.2, 0.25) is 0 Å². The van der Waals surface area contributed by atoms with Crippen LogP contribution >= 0.6 is 11.1 Å². The minimum absolute atomic E-state index is 0.306. The SMILES string of the molecule is O[SiH3].[SiH3]Cl. The van der Waals surface area contributed by atoms with Crippen LogP contribution < -0.4 is 0 Å². The summed E-state index contributed by atoms with van der Waals surface area (Å²) in [5, 5.41) is 0. The molecule has 0 unspecified atom stereocenters. The summed E-state index contributed by atoms with van der Waals surface area (Å²) in [5.41, 5.74) is 0. The smallest absolute Gasteiger partial charge is 0.141 e. The molecule has 0 radical (unpaired) electrons. The summed E-state index contributed by atoms with van der Waals surface area (Å²) in [6.45, 7) is 0. The summed E-state index contributed by atoms with van der Waals surface area (Å²) >= 11 is 4.78. The highest BCUT2D eigenvalue weighted by atomic mass is 35.6. The molecule has 0 heterocycles. The van der Waals surface area contributed by atoms with Gasteiger partial charge in [-0.3, -0.25) is 0 Å². The minimum atomic E-state index is 0.306. The van der Waals surface area contributed by atoms with E-state index in [1.807, 2.05) is 0 Å². The van der Waals surface area contributed by atoms with Crippen molar-refractivity contribution >= 4 is 31.1 Å². The molecule has 0 aliphatic heterocycles. The van der Waals surface area contributed by atoms with Crippen LogP contribution in [0, 0.1) is 0 Å². The molecule has 0 aromatic heterocycles. The Bertz CT molecular complexity index is 6.00. The summed E-state index contributed by atoms with van der Waals surface area (Å²) in [4.78, 5) is 7.14. The molecule has 1 N–H and O–H groups in total. The van der Waals surface area contributed by atoms with E-state index in [1.54, 1.807) is 0 Å². The highest BCUT2D eigenvalue weighted by molar-refractivity contribution is 6.80. The molecule has 0 aromatic rings. The van der Waals surface area contributed by atoms with Crippen LogP contribution in [-0.4, -0.2) is 24.8 Å². The van der Waals surface area contributed by atoms with Crippen molar-refractivity contribution in [3.05, 3.63) is 0 Å². The average molecular weight is 115 g/mol. The molecule has 0 spiro atoms. The molecule has 0 saturated carbocycles. The van der Waals surface area contributed by atoms with Gasteiger partial charge in [0.05, 0.1) is 0 Å². The summed E-state index contributed by atoms with van der Waals surface area (Å²) in [6, 6.07) is 0. The van der Waals surface area contributed by atoms with Gasteiger partial charge in [-0.2, -0.15) is 11.1 Å². The summed E-state index contributed by atoms with van der Waals surface area (Å²) in [6.07, 6.45) is 0. The topological polar surface area (TPSA) is 20.2 Å². The fourth-order valence-electron chi connectivity index (χ4n) is 0. The van der Waals surface area contributed by atoms with Crippen molar-refractivity contribution in [1.29, 1.82) is 0 Å². The van der Waals surface area contributed by atoms with Crippen LogP contribution in [-0.2, 0) is 0 Å². The van der Waals surface area contributed by atoms with E-state index in [9.17, 15) is 0 Å². The molecule has 0 aromatic carbocycles. The Morgan fingerprint density at radius 1 is 1.25 bits per heavy atom. The van der Waals surface area contributed by atoms with Crippen LogP contribution in [0.4, 0.5) is 0 Å². The first-order valence-corrected chi connectivity index (χ1v) is 4.74. The van der Waals surface area contributed by atoms with Crippen LogP contribution in [0.25, 0.3) is 0 Å². The second-order valence-corrected chi connectivity index (χ2v) is 0. The largest absolute Gasteiger partial charge is 0.442 e. The quantitative estimate of drug-likeness (QED) is 0.279. The van der Waals surface area contributed by atoms with Gasteiger partial charge in [-0.05, 0) is 0 Å². The van der Waals surface area contributed by atoms with Gasteiger partial charge >= 0.3 is 0 Å². The molecule has 1 nitrogen and oxygen atoms in total. The summed E-state index contributed by atoms with van der Waals surface area (Å²) in [7, 11) is 1.08.